The molecule has 0 atom stereocenters. The van der Waals surface area contributed by atoms with Gasteiger partial charge < -0.3 is 10.2 Å². The number of halogens is 3. The van der Waals surface area contributed by atoms with Gasteiger partial charge in [-0.2, -0.15) is 13.2 Å². The van der Waals surface area contributed by atoms with Crippen LogP contribution in [0.3, 0.4) is 0 Å². The van der Waals surface area contributed by atoms with Gasteiger partial charge in [-0.25, -0.2) is 0 Å². The highest BCUT2D eigenvalue weighted by atomic mass is 19.4. The van der Waals surface area contributed by atoms with E-state index >= 15 is 0 Å². The first kappa shape index (κ1) is 20.0. The fourth-order valence-electron chi connectivity index (χ4n) is 3.69. The van der Waals surface area contributed by atoms with Crippen molar-refractivity contribution >= 4 is 17.3 Å². The van der Waals surface area contributed by atoms with Gasteiger partial charge in [0.15, 0.2) is 0 Å². The van der Waals surface area contributed by atoms with Gasteiger partial charge in [0.1, 0.15) is 0 Å². The monoisotopic (exact) mass is 410 g/mol. The molecule has 3 aromatic carbocycles. The van der Waals surface area contributed by atoms with Crippen molar-refractivity contribution in [2.24, 2.45) is 0 Å². The number of benzene rings is 3. The van der Waals surface area contributed by atoms with Crippen molar-refractivity contribution in [2.75, 3.05) is 23.3 Å². The van der Waals surface area contributed by atoms with Crippen LogP contribution >= 0.6 is 0 Å². The highest BCUT2D eigenvalue weighted by molar-refractivity contribution is 6.06. The second kappa shape index (κ2) is 8.22. The Morgan fingerprint density at radius 2 is 1.47 bits per heavy atom. The maximum Gasteiger partial charge on any atom is 0.416 e. The number of carbonyl (C=O) groups excluding carboxylic acids is 1. The molecule has 1 heterocycles. The van der Waals surface area contributed by atoms with Gasteiger partial charge in [0, 0.05) is 18.7 Å². The Hall–Kier alpha value is -3.28. The van der Waals surface area contributed by atoms with Crippen molar-refractivity contribution in [3.05, 3.63) is 83.9 Å². The van der Waals surface area contributed by atoms with E-state index in [-0.39, 0.29) is 5.69 Å². The maximum absolute atomic E-state index is 13.2. The Labute approximate surface area is 173 Å². The van der Waals surface area contributed by atoms with Crippen LogP contribution in [0.25, 0.3) is 11.1 Å². The Morgan fingerprint density at radius 3 is 2.10 bits per heavy atom. The van der Waals surface area contributed by atoms with Gasteiger partial charge in [-0.1, -0.05) is 42.5 Å². The Balaban J connectivity index is 1.60. The van der Waals surface area contributed by atoms with Gasteiger partial charge in [0.2, 0.25) is 0 Å². The number of anilines is 2. The third-order valence-electron chi connectivity index (χ3n) is 5.27. The summed E-state index contributed by atoms with van der Waals surface area (Å²) in [6.45, 7) is 1.53. The molecule has 0 spiro atoms. The van der Waals surface area contributed by atoms with E-state index in [1.165, 1.54) is 6.07 Å². The summed E-state index contributed by atoms with van der Waals surface area (Å²) in [6.07, 6.45) is -2.51. The van der Waals surface area contributed by atoms with Crippen LogP contribution in [0, 0.1) is 0 Å². The van der Waals surface area contributed by atoms with Crippen LogP contribution < -0.4 is 10.2 Å². The second-order valence-electron chi connectivity index (χ2n) is 7.32. The highest BCUT2D eigenvalue weighted by Gasteiger charge is 2.32. The number of nitrogens with one attached hydrogen (secondary N) is 1. The molecular formula is C24H21F3N2O. The zero-order valence-corrected chi connectivity index (χ0v) is 16.2. The summed E-state index contributed by atoms with van der Waals surface area (Å²) in [7, 11) is 0. The third kappa shape index (κ3) is 4.32. The van der Waals surface area contributed by atoms with Crippen molar-refractivity contribution in [3.63, 3.8) is 0 Å². The van der Waals surface area contributed by atoms with Crippen molar-refractivity contribution in [2.45, 2.75) is 19.0 Å². The fraction of sp³-hybridized carbons (Fsp3) is 0.208. The van der Waals surface area contributed by atoms with E-state index in [1.54, 1.807) is 12.1 Å². The van der Waals surface area contributed by atoms with Crippen molar-refractivity contribution in [1.82, 2.24) is 0 Å². The molecule has 1 N–H and O–H groups in total. The molecule has 30 heavy (non-hydrogen) atoms. The fourth-order valence-corrected chi connectivity index (χ4v) is 3.69. The van der Waals surface area contributed by atoms with Crippen molar-refractivity contribution < 1.29 is 18.0 Å². The molecule has 1 saturated heterocycles. The van der Waals surface area contributed by atoms with E-state index in [1.807, 2.05) is 47.4 Å². The summed E-state index contributed by atoms with van der Waals surface area (Å²) in [5, 5.41) is 2.69. The molecule has 0 radical (unpaired) electrons. The largest absolute Gasteiger partial charge is 0.416 e. The summed E-state index contributed by atoms with van der Waals surface area (Å²) in [5.74, 6) is -0.436. The molecule has 1 aliphatic heterocycles. The number of nitrogens with zero attached hydrogens (tertiary/aromatic N) is 1. The summed E-state index contributed by atoms with van der Waals surface area (Å²) >= 11 is 0. The van der Waals surface area contributed by atoms with E-state index in [2.05, 4.69) is 5.32 Å². The van der Waals surface area contributed by atoms with Gasteiger partial charge in [0.05, 0.1) is 16.9 Å². The minimum atomic E-state index is -4.47. The van der Waals surface area contributed by atoms with Gasteiger partial charge in [0.25, 0.3) is 5.91 Å². The van der Waals surface area contributed by atoms with Crippen LogP contribution in [-0.4, -0.2) is 19.0 Å². The molecule has 0 aliphatic carbocycles. The molecule has 6 heteroatoms. The first-order valence-corrected chi connectivity index (χ1v) is 9.85. The zero-order valence-electron chi connectivity index (χ0n) is 16.2. The Kier molecular flexibility index (Phi) is 5.48. The predicted molar refractivity (Wildman–Crippen MR) is 113 cm³/mol. The lowest BCUT2D eigenvalue weighted by Gasteiger charge is -2.23. The normalized spacial score (nSPS) is 14.0. The van der Waals surface area contributed by atoms with Crippen LogP contribution in [0.5, 0.6) is 0 Å². The summed E-state index contributed by atoms with van der Waals surface area (Å²) in [4.78, 5) is 14.8. The average molecular weight is 410 g/mol. The van der Waals surface area contributed by atoms with Crippen LogP contribution in [0.1, 0.15) is 28.8 Å². The molecule has 0 bridgehead atoms. The summed E-state index contributed by atoms with van der Waals surface area (Å²) in [5.41, 5.74) is 2.40. The lowest BCUT2D eigenvalue weighted by atomic mass is 10.0. The molecule has 1 aliphatic rings. The minimum Gasteiger partial charge on any atom is -0.370 e. The van der Waals surface area contributed by atoms with Gasteiger partial charge in [-0.15, -0.1) is 0 Å². The molecule has 0 saturated carbocycles. The number of carbonyl (C=O) groups is 1. The van der Waals surface area contributed by atoms with Crippen LogP contribution in [-0.2, 0) is 6.18 Å². The number of hydrogen-bond acceptors (Lipinski definition) is 2. The standard InChI is InChI=1S/C24H21F3N2O/c25-24(26,27)20-12-13-22(29-14-4-5-15-29)21(16-20)28-23(30)19-10-8-18(9-11-19)17-6-2-1-3-7-17/h1-3,6-13,16H,4-5,14-15H2,(H,28,30). The third-order valence-corrected chi connectivity index (χ3v) is 5.27. The highest BCUT2D eigenvalue weighted by Crippen LogP contribution is 2.36. The molecule has 4 rings (SSSR count). The number of alkyl halides is 3. The molecule has 1 fully saturated rings. The van der Waals surface area contributed by atoms with Crippen molar-refractivity contribution in [3.8, 4) is 11.1 Å². The lowest BCUT2D eigenvalue weighted by Crippen LogP contribution is -2.22. The van der Waals surface area contributed by atoms with Crippen LogP contribution in [0.15, 0.2) is 72.8 Å². The van der Waals surface area contributed by atoms with E-state index in [0.29, 0.717) is 11.3 Å². The number of amides is 1. The van der Waals surface area contributed by atoms with Crippen LogP contribution in [0.4, 0.5) is 24.5 Å². The minimum absolute atomic E-state index is 0.184. The molecular weight excluding hydrogens is 389 g/mol. The molecule has 3 nitrogen and oxygen atoms in total. The summed E-state index contributed by atoms with van der Waals surface area (Å²) < 4.78 is 39.6. The van der Waals surface area contributed by atoms with Gasteiger partial charge in [-0.3, -0.25) is 4.79 Å². The van der Waals surface area contributed by atoms with E-state index < -0.39 is 17.6 Å². The average Bonchev–Trinajstić information content (AvgIpc) is 3.28. The van der Waals surface area contributed by atoms with E-state index in [4.69, 9.17) is 0 Å². The Morgan fingerprint density at radius 1 is 0.833 bits per heavy atom. The SMILES string of the molecule is O=C(Nc1cc(C(F)(F)F)ccc1N1CCCC1)c1ccc(-c2ccccc2)cc1. The smallest absolute Gasteiger partial charge is 0.370 e. The predicted octanol–water partition coefficient (Wildman–Crippen LogP) is 6.22. The van der Waals surface area contributed by atoms with Crippen LogP contribution in [0.2, 0.25) is 0 Å². The summed E-state index contributed by atoms with van der Waals surface area (Å²) in [6, 6.07) is 20.3. The quantitative estimate of drug-likeness (QED) is 0.553. The molecule has 0 aromatic heterocycles. The van der Waals surface area contributed by atoms with E-state index in [9.17, 15) is 18.0 Å². The van der Waals surface area contributed by atoms with Gasteiger partial charge >= 0.3 is 6.18 Å². The first-order valence-electron chi connectivity index (χ1n) is 9.85. The second-order valence-corrected chi connectivity index (χ2v) is 7.32. The number of rotatable bonds is 4. The van der Waals surface area contributed by atoms with E-state index in [0.717, 1.165) is 49.2 Å². The molecule has 3 aromatic rings. The first-order chi connectivity index (χ1) is 14.4. The lowest BCUT2D eigenvalue weighted by molar-refractivity contribution is -0.137. The van der Waals surface area contributed by atoms with Gasteiger partial charge in [-0.05, 0) is 54.3 Å². The molecule has 1 amide bonds. The maximum atomic E-state index is 13.2. The van der Waals surface area contributed by atoms with Crippen molar-refractivity contribution in [1.29, 1.82) is 0 Å². The number of hydrogen-bond donors (Lipinski definition) is 1. The Bertz CT molecular complexity index is 1020. The molecule has 154 valence electrons. The molecule has 0 unspecified atom stereocenters. The zero-order chi connectivity index (χ0) is 21.1. The topological polar surface area (TPSA) is 32.3 Å².